The van der Waals surface area contributed by atoms with Crippen LogP contribution < -0.4 is 10.9 Å². The van der Waals surface area contributed by atoms with Crippen LogP contribution in [0.1, 0.15) is 12.8 Å². The molecule has 2 N–H and O–H groups in total. The van der Waals surface area contributed by atoms with E-state index in [1.54, 1.807) is 18.3 Å². The zero-order valence-corrected chi connectivity index (χ0v) is 8.59. The molecule has 1 fully saturated rings. The van der Waals surface area contributed by atoms with E-state index in [0.29, 0.717) is 17.1 Å². The average Bonchev–Trinajstić information content (AvgIpc) is 3.05. The third-order valence-electron chi connectivity index (χ3n) is 2.80. The number of nitrogens with one attached hydrogen (secondary N) is 2. The van der Waals surface area contributed by atoms with Gasteiger partial charge in [0.1, 0.15) is 5.82 Å². The molecular formula is C12H11FN2O. The molecule has 1 aliphatic carbocycles. The smallest absolute Gasteiger partial charge is 0.255 e. The number of aromatic nitrogens is 1. The number of aromatic amines is 1. The SMILES string of the molecule is O=c1[nH]ccc2cc(NC3CC3)c(F)cc12. The molecule has 0 atom stereocenters. The second-order valence-electron chi connectivity index (χ2n) is 4.14. The van der Waals surface area contributed by atoms with Gasteiger partial charge in [0, 0.05) is 12.2 Å². The molecule has 0 spiro atoms. The highest BCUT2D eigenvalue weighted by Gasteiger charge is 2.22. The van der Waals surface area contributed by atoms with Gasteiger partial charge in [0.05, 0.1) is 11.1 Å². The summed E-state index contributed by atoms with van der Waals surface area (Å²) in [5.41, 5.74) is 0.231. The summed E-state index contributed by atoms with van der Waals surface area (Å²) in [5.74, 6) is -0.365. The Morgan fingerprint density at radius 3 is 2.94 bits per heavy atom. The summed E-state index contributed by atoms with van der Waals surface area (Å²) in [6.07, 6.45) is 3.75. The number of pyridine rings is 1. The normalized spacial score (nSPS) is 15.3. The fraction of sp³-hybridized carbons (Fsp3) is 0.250. The van der Waals surface area contributed by atoms with E-state index in [9.17, 15) is 9.18 Å². The molecule has 1 saturated carbocycles. The lowest BCUT2D eigenvalue weighted by Gasteiger charge is -2.07. The maximum absolute atomic E-state index is 13.7. The van der Waals surface area contributed by atoms with Crippen molar-refractivity contribution in [3.05, 3.63) is 40.6 Å². The Labute approximate surface area is 91.3 Å². The Balaban J connectivity index is 2.16. The van der Waals surface area contributed by atoms with Gasteiger partial charge in [-0.15, -0.1) is 0 Å². The summed E-state index contributed by atoms with van der Waals surface area (Å²) in [6.45, 7) is 0. The highest BCUT2D eigenvalue weighted by molar-refractivity contribution is 5.85. The maximum Gasteiger partial charge on any atom is 0.255 e. The zero-order chi connectivity index (χ0) is 11.1. The number of anilines is 1. The molecule has 3 rings (SSSR count). The van der Waals surface area contributed by atoms with Crippen molar-refractivity contribution in [1.29, 1.82) is 0 Å². The van der Waals surface area contributed by atoms with Gasteiger partial charge in [0.25, 0.3) is 5.56 Å². The van der Waals surface area contributed by atoms with Crippen molar-refractivity contribution >= 4 is 16.5 Å². The number of halogens is 1. The Kier molecular flexibility index (Phi) is 1.96. The lowest BCUT2D eigenvalue weighted by Crippen LogP contribution is -2.07. The number of H-pyrrole nitrogens is 1. The third kappa shape index (κ3) is 1.56. The zero-order valence-electron chi connectivity index (χ0n) is 8.59. The van der Waals surface area contributed by atoms with Gasteiger partial charge in [0.2, 0.25) is 0 Å². The summed E-state index contributed by atoms with van der Waals surface area (Å²) >= 11 is 0. The first-order valence-electron chi connectivity index (χ1n) is 5.31. The van der Waals surface area contributed by atoms with Crippen molar-refractivity contribution in [2.75, 3.05) is 5.32 Å². The van der Waals surface area contributed by atoms with E-state index in [1.165, 1.54) is 6.07 Å². The maximum atomic E-state index is 13.7. The Bertz CT molecular complexity index is 601. The molecule has 1 aromatic carbocycles. The second-order valence-corrected chi connectivity index (χ2v) is 4.14. The van der Waals surface area contributed by atoms with E-state index in [4.69, 9.17) is 0 Å². The summed E-state index contributed by atoms with van der Waals surface area (Å²) in [4.78, 5) is 14.0. The van der Waals surface area contributed by atoms with E-state index in [0.717, 1.165) is 18.2 Å². The van der Waals surface area contributed by atoms with E-state index in [2.05, 4.69) is 10.3 Å². The van der Waals surface area contributed by atoms with Gasteiger partial charge in [-0.1, -0.05) is 0 Å². The van der Waals surface area contributed by atoms with Gasteiger partial charge >= 0.3 is 0 Å². The number of hydrogen-bond acceptors (Lipinski definition) is 2. The highest BCUT2D eigenvalue weighted by Crippen LogP contribution is 2.28. The van der Waals surface area contributed by atoms with Gasteiger partial charge in [-0.25, -0.2) is 4.39 Å². The van der Waals surface area contributed by atoms with Gasteiger partial charge in [0.15, 0.2) is 0 Å². The van der Waals surface area contributed by atoms with Crippen LogP contribution in [0.15, 0.2) is 29.2 Å². The third-order valence-corrected chi connectivity index (χ3v) is 2.80. The molecule has 3 nitrogen and oxygen atoms in total. The van der Waals surface area contributed by atoms with Gasteiger partial charge in [-0.05, 0) is 36.4 Å². The van der Waals surface area contributed by atoms with Crippen LogP contribution >= 0.6 is 0 Å². The number of fused-ring (bicyclic) bond motifs is 1. The van der Waals surface area contributed by atoms with Crippen molar-refractivity contribution in [2.24, 2.45) is 0 Å². The monoisotopic (exact) mass is 218 g/mol. The molecule has 0 radical (unpaired) electrons. The second kappa shape index (κ2) is 3.33. The lowest BCUT2D eigenvalue weighted by atomic mass is 10.1. The minimum atomic E-state index is -0.365. The molecule has 16 heavy (non-hydrogen) atoms. The molecule has 0 saturated heterocycles. The van der Waals surface area contributed by atoms with Crippen LogP contribution in [0.3, 0.4) is 0 Å². The molecule has 0 aliphatic heterocycles. The van der Waals surface area contributed by atoms with Crippen LogP contribution in [0.2, 0.25) is 0 Å². The lowest BCUT2D eigenvalue weighted by molar-refractivity contribution is 0.631. The summed E-state index contributed by atoms with van der Waals surface area (Å²) < 4.78 is 13.7. The van der Waals surface area contributed by atoms with Crippen molar-refractivity contribution in [3.8, 4) is 0 Å². The van der Waals surface area contributed by atoms with E-state index in [1.807, 2.05) is 0 Å². The summed E-state index contributed by atoms with van der Waals surface area (Å²) in [6, 6.07) is 5.15. The molecular weight excluding hydrogens is 207 g/mol. The van der Waals surface area contributed by atoms with Crippen LogP contribution in [0.5, 0.6) is 0 Å². The fourth-order valence-electron chi connectivity index (χ4n) is 1.77. The molecule has 2 aromatic rings. The van der Waals surface area contributed by atoms with Crippen molar-refractivity contribution in [1.82, 2.24) is 4.98 Å². The van der Waals surface area contributed by atoms with Crippen LogP contribution in [-0.4, -0.2) is 11.0 Å². The van der Waals surface area contributed by atoms with Crippen molar-refractivity contribution in [2.45, 2.75) is 18.9 Å². The Morgan fingerprint density at radius 1 is 1.38 bits per heavy atom. The van der Waals surface area contributed by atoms with Crippen LogP contribution in [0.25, 0.3) is 10.8 Å². The van der Waals surface area contributed by atoms with E-state index in [-0.39, 0.29) is 11.4 Å². The van der Waals surface area contributed by atoms with Crippen LogP contribution in [0.4, 0.5) is 10.1 Å². The number of benzene rings is 1. The number of hydrogen-bond donors (Lipinski definition) is 2. The largest absolute Gasteiger partial charge is 0.380 e. The van der Waals surface area contributed by atoms with E-state index >= 15 is 0 Å². The molecule has 0 unspecified atom stereocenters. The predicted octanol–water partition coefficient (Wildman–Crippen LogP) is 2.24. The summed E-state index contributed by atoms with van der Waals surface area (Å²) in [7, 11) is 0. The first-order valence-corrected chi connectivity index (χ1v) is 5.31. The molecule has 0 bridgehead atoms. The minimum absolute atomic E-state index is 0.255. The van der Waals surface area contributed by atoms with Crippen molar-refractivity contribution < 1.29 is 4.39 Å². The molecule has 1 aromatic heterocycles. The van der Waals surface area contributed by atoms with Gasteiger partial charge < -0.3 is 10.3 Å². The topological polar surface area (TPSA) is 44.9 Å². The molecule has 82 valence electrons. The molecule has 1 aliphatic rings. The van der Waals surface area contributed by atoms with Gasteiger partial charge in [-0.3, -0.25) is 4.79 Å². The molecule has 1 heterocycles. The van der Waals surface area contributed by atoms with Gasteiger partial charge in [-0.2, -0.15) is 0 Å². The quantitative estimate of drug-likeness (QED) is 0.812. The fourth-order valence-corrected chi connectivity index (χ4v) is 1.77. The standard InChI is InChI=1S/C12H11FN2O/c13-10-6-9-7(3-4-14-12(9)16)5-11(10)15-8-1-2-8/h3-6,8,15H,1-2H2,(H,14,16). The van der Waals surface area contributed by atoms with Crippen molar-refractivity contribution in [3.63, 3.8) is 0 Å². The Hall–Kier alpha value is -1.84. The predicted molar refractivity (Wildman–Crippen MR) is 61.2 cm³/mol. The number of rotatable bonds is 2. The highest BCUT2D eigenvalue weighted by atomic mass is 19.1. The summed E-state index contributed by atoms with van der Waals surface area (Å²) in [5, 5.41) is 4.26. The average molecular weight is 218 g/mol. The first kappa shape index (κ1) is 9.39. The van der Waals surface area contributed by atoms with E-state index < -0.39 is 0 Å². The first-order chi connectivity index (χ1) is 7.74. The molecule has 0 amide bonds. The Morgan fingerprint density at radius 2 is 2.19 bits per heavy atom. The molecule has 4 heteroatoms. The minimum Gasteiger partial charge on any atom is -0.380 e. The van der Waals surface area contributed by atoms with Crippen LogP contribution in [0, 0.1) is 5.82 Å². The van der Waals surface area contributed by atoms with Crippen LogP contribution in [-0.2, 0) is 0 Å².